The second-order valence-electron chi connectivity index (χ2n) is 5.29. The fraction of sp³-hybridized carbons (Fsp3) is 0.235. The molecule has 0 atom stereocenters. The molecule has 0 fully saturated rings. The lowest BCUT2D eigenvalue weighted by Gasteiger charge is -2.17. The number of para-hydroxylation sites is 1. The van der Waals surface area contributed by atoms with Crippen molar-refractivity contribution in [2.45, 2.75) is 0 Å². The lowest BCUT2D eigenvalue weighted by molar-refractivity contribution is 0.206. The van der Waals surface area contributed by atoms with Crippen LogP contribution in [-0.2, 0) is 4.74 Å². The van der Waals surface area contributed by atoms with Gasteiger partial charge in [0.1, 0.15) is 12.1 Å². The number of pyridine rings is 1. The first-order valence-corrected chi connectivity index (χ1v) is 7.66. The van der Waals surface area contributed by atoms with Crippen LogP contribution in [0, 0.1) is 0 Å². The maximum atomic E-state index is 5.10. The monoisotopic (exact) mass is 324 g/mol. The SMILES string of the molecule is COCCN(C)c1cc(-n2cnc(Nc3ccccc3)n2)ccn1. The molecule has 0 spiro atoms. The Hall–Kier alpha value is -2.93. The molecule has 2 heterocycles. The number of aromatic nitrogens is 4. The minimum Gasteiger partial charge on any atom is -0.383 e. The fourth-order valence-corrected chi connectivity index (χ4v) is 2.20. The molecule has 0 aliphatic rings. The number of nitrogens with one attached hydrogen (secondary N) is 1. The summed E-state index contributed by atoms with van der Waals surface area (Å²) in [6.07, 6.45) is 3.44. The van der Waals surface area contributed by atoms with Gasteiger partial charge in [-0.3, -0.25) is 0 Å². The van der Waals surface area contributed by atoms with Crippen LogP contribution in [0.4, 0.5) is 17.5 Å². The van der Waals surface area contributed by atoms with Gasteiger partial charge in [-0.15, -0.1) is 5.10 Å². The van der Waals surface area contributed by atoms with Gasteiger partial charge in [-0.2, -0.15) is 4.98 Å². The van der Waals surface area contributed by atoms with Crippen LogP contribution in [0.1, 0.15) is 0 Å². The molecule has 0 unspecified atom stereocenters. The van der Waals surface area contributed by atoms with E-state index in [4.69, 9.17) is 4.74 Å². The first kappa shape index (κ1) is 15.9. The van der Waals surface area contributed by atoms with Crippen molar-refractivity contribution in [3.63, 3.8) is 0 Å². The van der Waals surface area contributed by atoms with Crippen LogP contribution in [0.3, 0.4) is 0 Å². The molecule has 124 valence electrons. The van der Waals surface area contributed by atoms with Gasteiger partial charge < -0.3 is 15.0 Å². The summed E-state index contributed by atoms with van der Waals surface area (Å²) in [6, 6.07) is 13.7. The summed E-state index contributed by atoms with van der Waals surface area (Å²) in [6.45, 7) is 1.42. The Morgan fingerprint density at radius 1 is 1.17 bits per heavy atom. The molecule has 0 saturated heterocycles. The van der Waals surface area contributed by atoms with Crippen molar-refractivity contribution < 1.29 is 4.74 Å². The number of nitrogens with zero attached hydrogens (tertiary/aromatic N) is 5. The third kappa shape index (κ3) is 3.88. The predicted octanol–water partition coefficient (Wildman–Crippen LogP) is 2.49. The Balaban J connectivity index is 1.75. The van der Waals surface area contributed by atoms with E-state index in [1.165, 1.54) is 0 Å². The third-order valence-electron chi connectivity index (χ3n) is 3.54. The van der Waals surface area contributed by atoms with E-state index in [-0.39, 0.29) is 0 Å². The number of likely N-dealkylation sites (N-methyl/N-ethyl adjacent to an activating group) is 1. The molecule has 0 bridgehead atoms. The van der Waals surface area contributed by atoms with Gasteiger partial charge in [-0.25, -0.2) is 9.67 Å². The van der Waals surface area contributed by atoms with Crippen molar-refractivity contribution in [3.8, 4) is 5.69 Å². The molecular formula is C17H20N6O. The van der Waals surface area contributed by atoms with Crippen molar-refractivity contribution >= 4 is 17.5 Å². The van der Waals surface area contributed by atoms with Crippen LogP contribution in [0.25, 0.3) is 5.69 Å². The molecule has 0 amide bonds. The quantitative estimate of drug-likeness (QED) is 0.720. The van der Waals surface area contributed by atoms with Gasteiger partial charge in [0.25, 0.3) is 0 Å². The third-order valence-corrected chi connectivity index (χ3v) is 3.54. The van der Waals surface area contributed by atoms with Crippen molar-refractivity contribution in [1.82, 2.24) is 19.7 Å². The molecule has 0 aliphatic heterocycles. The van der Waals surface area contributed by atoms with Gasteiger partial charge in [0.05, 0.1) is 12.3 Å². The highest BCUT2D eigenvalue weighted by Crippen LogP contribution is 2.16. The molecule has 2 aromatic heterocycles. The topological polar surface area (TPSA) is 68.1 Å². The highest BCUT2D eigenvalue weighted by Gasteiger charge is 2.07. The van der Waals surface area contributed by atoms with E-state index in [9.17, 15) is 0 Å². The number of anilines is 3. The van der Waals surface area contributed by atoms with Crippen LogP contribution in [0.2, 0.25) is 0 Å². The number of ether oxygens (including phenoxy) is 1. The van der Waals surface area contributed by atoms with Crippen LogP contribution >= 0.6 is 0 Å². The second kappa shape index (κ2) is 7.56. The van der Waals surface area contributed by atoms with Gasteiger partial charge >= 0.3 is 0 Å². The molecule has 3 rings (SSSR count). The van der Waals surface area contributed by atoms with Crippen LogP contribution in [-0.4, -0.2) is 47.1 Å². The Kier molecular flexibility index (Phi) is 5.02. The number of benzene rings is 1. The molecule has 0 saturated carbocycles. The zero-order valence-corrected chi connectivity index (χ0v) is 13.8. The average Bonchev–Trinajstić information content (AvgIpc) is 3.09. The number of hydrogen-bond acceptors (Lipinski definition) is 6. The largest absolute Gasteiger partial charge is 0.383 e. The highest BCUT2D eigenvalue weighted by atomic mass is 16.5. The highest BCUT2D eigenvalue weighted by molar-refractivity contribution is 5.53. The lowest BCUT2D eigenvalue weighted by atomic mass is 10.3. The minimum absolute atomic E-state index is 0.548. The van der Waals surface area contributed by atoms with Gasteiger partial charge in [0, 0.05) is 38.7 Å². The van der Waals surface area contributed by atoms with Gasteiger partial charge in [0.15, 0.2) is 0 Å². The Labute approximate surface area is 140 Å². The van der Waals surface area contributed by atoms with E-state index in [0.29, 0.717) is 12.6 Å². The van der Waals surface area contributed by atoms with E-state index < -0.39 is 0 Å². The van der Waals surface area contributed by atoms with Crippen molar-refractivity contribution in [3.05, 3.63) is 55.0 Å². The van der Waals surface area contributed by atoms with E-state index in [0.717, 1.165) is 23.7 Å². The second-order valence-corrected chi connectivity index (χ2v) is 5.29. The summed E-state index contributed by atoms with van der Waals surface area (Å²) >= 11 is 0. The maximum absolute atomic E-state index is 5.10. The molecule has 7 heteroatoms. The average molecular weight is 324 g/mol. The van der Waals surface area contributed by atoms with Crippen molar-refractivity contribution in [2.75, 3.05) is 37.5 Å². The zero-order valence-electron chi connectivity index (χ0n) is 13.8. The molecule has 0 aliphatic carbocycles. The fourth-order valence-electron chi connectivity index (χ4n) is 2.20. The number of hydrogen-bond donors (Lipinski definition) is 1. The summed E-state index contributed by atoms with van der Waals surface area (Å²) in [5, 5.41) is 7.64. The summed E-state index contributed by atoms with van der Waals surface area (Å²) in [5.74, 6) is 1.41. The summed E-state index contributed by atoms with van der Waals surface area (Å²) in [7, 11) is 3.67. The Morgan fingerprint density at radius 3 is 2.79 bits per heavy atom. The maximum Gasteiger partial charge on any atom is 0.246 e. The smallest absolute Gasteiger partial charge is 0.246 e. The number of methoxy groups -OCH3 is 1. The van der Waals surface area contributed by atoms with Gasteiger partial charge in [0.2, 0.25) is 5.95 Å². The molecular weight excluding hydrogens is 304 g/mol. The van der Waals surface area contributed by atoms with Gasteiger partial charge in [-0.05, 0) is 18.2 Å². The standard InChI is InChI=1S/C17H20N6O/c1-22(10-11-24-2)16-12-15(8-9-18-16)23-13-19-17(21-23)20-14-6-4-3-5-7-14/h3-9,12-13H,10-11H2,1-2H3,(H,20,21). The molecule has 3 aromatic rings. The first-order chi connectivity index (χ1) is 11.8. The molecule has 1 N–H and O–H groups in total. The summed E-state index contributed by atoms with van der Waals surface area (Å²) < 4.78 is 6.83. The van der Waals surface area contributed by atoms with Crippen LogP contribution in [0.5, 0.6) is 0 Å². The van der Waals surface area contributed by atoms with Crippen LogP contribution in [0.15, 0.2) is 55.0 Å². The normalized spacial score (nSPS) is 10.6. The molecule has 1 aromatic carbocycles. The van der Waals surface area contributed by atoms with E-state index in [1.807, 2.05) is 54.4 Å². The summed E-state index contributed by atoms with van der Waals surface area (Å²) in [4.78, 5) is 10.7. The lowest BCUT2D eigenvalue weighted by Crippen LogP contribution is -2.23. The molecule has 24 heavy (non-hydrogen) atoms. The Morgan fingerprint density at radius 2 is 2.00 bits per heavy atom. The van der Waals surface area contributed by atoms with Crippen molar-refractivity contribution in [2.24, 2.45) is 0 Å². The summed E-state index contributed by atoms with van der Waals surface area (Å²) in [5.41, 5.74) is 1.85. The van der Waals surface area contributed by atoms with E-state index in [1.54, 1.807) is 24.3 Å². The minimum atomic E-state index is 0.548. The van der Waals surface area contributed by atoms with Crippen LogP contribution < -0.4 is 10.2 Å². The van der Waals surface area contributed by atoms with E-state index >= 15 is 0 Å². The molecule has 7 nitrogen and oxygen atoms in total. The van der Waals surface area contributed by atoms with E-state index in [2.05, 4.69) is 20.4 Å². The van der Waals surface area contributed by atoms with Crippen molar-refractivity contribution in [1.29, 1.82) is 0 Å². The predicted molar refractivity (Wildman–Crippen MR) is 94.0 cm³/mol. The molecule has 0 radical (unpaired) electrons. The first-order valence-electron chi connectivity index (χ1n) is 7.66. The van der Waals surface area contributed by atoms with Gasteiger partial charge in [-0.1, -0.05) is 18.2 Å². The number of rotatable bonds is 7. The zero-order chi connectivity index (χ0) is 16.8. The Bertz CT molecular complexity index is 774.